The van der Waals surface area contributed by atoms with Gasteiger partial charge in [-0.3, -0.25) is 29.4 Å². The minimum Gasteiger partial charge on any atom is -0.306 e. The Morgan fingerprint density at radius 2 is 2.10 bits per heavy atom. The zero-order chi connectivity index (χ0) is 21.6. The molecule has 12 nitrogen and oxygen atoms in total. The summed E-state index contributed by atoms with van der Waals surface area (Å²) in [6, 6.07) is 5.10. The molecule has 2 N–H and O–H groups in total. The molecule has 0 unspecified atom stereocenters. The minimum absolute atomic E-state index is 0.0451. The number of aryl methyl sites for hydroxylation is 2. The third-order valence-corrected chi connectivity index (χ3v) is 4.60. The van der Waals surface area contributed by atoms with Crippen molar-refractivity contribution in [1.29, 1.82) is 0 Å². The molecule has 1 amide bonds. The highest BCUT2D eigenvalue weighted by molar-refractivity contribution is 6.34. The predicted molar refractivity (Wildman–Crippen MR) is 107 cm³/mol. The van der Waals surface area contributed by atoms with Gasteiger partial charge in [0.05, 0.1) is 27.4 Å². The fourth-order valence-electron chi connectivity index (χ4n) is 2.86. The molecule has 0 radical (unpaired) electrons. The summed E-state index contributed by atoms with van der Waals surface area (Å²) in [6.07, 6.45) is 1.40. The molecule has 4 rings (SSSR count). The molecule has 3 aromatic heterocycles. The number of anilines is 1. The number of nitrogens with zero attached hydrogens (tertiary/aromatic N) is 6. The Morgan fingerprint density at radius 1 is 1.33 bits per heavy atom. The van der Waals surface area contributed by atoms with Gasteiger partial charge in [0.25, 0.3) is 17.2 Å². The van der Waals surface area contributed by atoms with Gasteiger partial charge < -0.3 is 5.32 Å². The summed E-state index contributed by atoms with van der Waals surface area (Å²) >= 11 is 6.04. The molecule has 0 atom stereocenters. The van der Waals surface area contributed by atoms with Crippen LogP contribution in [0.25, 0.3) is 17.0 Å². The number of non-ortho nitro benzene ring substituents is 1. The van der Waals surface area contributed by atoms with Gasteiger partial charge in [-0.2, -0.15) is 19.9 Å². The molecule has 30 heavy (non-hydrogen) atoms. The number of hydrogen-bond donors (Lipinski definition) is 2. The maximum absolute atomic E-state index is 12.7. The van der Waals surface area contributed by atoms with Crippen molar-refractivity contribution in [2.24, 2.45) is 7.05 Å². The van der Waals surface area contributed by atoms with Gasteiger partial charge in [0.2, 0.25) is 5.95 Å². The summed E-state index contributed by atoms with van der Waals surface area (Å²) < 4.78 is 2.68. The van der Waals surface area contributed by atoms with Crippen LogP contribution in [0.3, 0.4) is 0 Å². The van der Waals surface area contributed by atoms with Crippen LogP contribution in [-0.2, 0) is 7.05 Å². The summed E-state index contributed by atoms with van der Waals surface area (Å²) in [5.74, 6) is -0.441. The highest BCUT2D eigenvalue weighted by atomic mass is 35.5. The maximum Gasteiger partial charge on any atom is 0.270 e. The first-order valence-corrected chi connectivity index (χ1v) is 8.87. The molecule has 0 saturated carbocycles. The van der Waals surface area contributed by atoms with Crippen molar-refractivity contribution < 1.29 is 9.72 Å². The SMILES string of the molecule is Cc1cc(NC(=O)c2cc([N+](=O)[O-])ccc2Cl)n(-c2nc3c(cnn3C)c(=O)[nH]2)n1. The minimum atomic E-state index is -0.686. The summed E-state index contributed by atoms with van der Waals surface area (Å²) in [7, 11) is 1.64. The molecule has 3 heterocycles. The number of hydrogen-bond acceptors (Lipinski definition) is 7. The van der Waals surface area contributed by atoms with Crippen molar-refractivity contribution in [3.8, 4) is 5.95 Å². The van der Waals surface area contributed by atoms with E-state index in [1.165, 1.54) is 27.7 Å². The number of fused-ring (bicyclic) bond motifs is 1. The van der Waals surface area contributed by atoms with E-state index in [9.17, 15) is 19.7 Å². The summed E-state index contributed by atoms with van der Waals surface area (Å²) in [5.41, 5.74) is 0.0843. The summed E-state index contributed by atoms with van der Waals surface area (Å²) in [6.45, 7) is 1.69. The number of aromatic nitrogens is 6. The highest BCUT2D eigenvalue weighted by Crippen LogP contribution is 2.24. The zero-order valence-corrected chi connectivity index (χ0v) is 16.3. The number of carbonyl (C=O) groups excluding carboxylic acids is 1. The smallest absolute Gasteiger partial charge is 0.270 e. The van der Waals surface area contributed by atoms with Crippen LogP contribution in [0, 0.1) is 17.0 Å². The fourth-order valence-corrected chi connectivity index (χ4v) is 3.06. The topological polar surface area (TPSA) is 154 Å². The van der Waals surface area contributed by atoms with E-state index in [2.05, 4.69) is 25.5 Å². The molecule has 1 aromatic carbocycles. The van der Waals surface area contributed by atoms with Crippen LogP contribution in [0.2, 0.25) is 5.02 Å². The van der Waals surface area contributed by atoms with E-state index in [4.69, 9.17) is 11.6 Å². The number of nitrogens with one attached hydrogen (secondary N) is 2. The molecule has 0 saturated heterocycles. The first-order valence-electron chi connectivity index (χ1n) is 8.49. The molecule has 0 aliphatic heterocycles. The van der Waals surface area contributed by atoms with E-state index < -0.39 is 16.4 Å². The van der Waals surface area contributed by atoms with E-state index in [0.29, 0.717) is 16.7 Å². The van der Waals surface area contributed by atoms with Crippen molar-refractivity contribution >= 4 is 40.0 Å². The Morgan fingerprint density at radius 3 is 2.83 bits per heavy atom. The average Bonchev–Trinajstić information content (AvgIpc) is 3.24. The molecule has 0 bridgehead atoms. The summed E-state index contributed by atoms with van der Waals surface area (Å²) in [5, 5.41) is 22.2. The lowest BCUT2D eigenvalue weighted by atomic mass is 10.2. The molecule has 152 valence electrons. The Hall–Kier alpha value is -4.06. The molecular weight excluding hydrogens is 416 g/mol. The van der Waals surface area contributed by atoms with Crippen LogP contribution in [0.15, 0.2) is 35.3 Å². The quantitative estimate of drug-likeness (QED) is 0.372. The van der Waals surface area contributed by atoms with Gasteiger partial charge in [-0.05, 0) is 13.0 Å². The second-order valence-electron chi connectivity index (χ2n) is 6.35. The molecule has 0 aliphatic rings. The third kappa shape index (κ3) is 3.28. The van der Waals surface area contributed by atoms with Crippen LogP contribution >= 0.6 is 11.6 Å². The first-order chi connectivity index (χ1) is 14.2. The maximum atomic E-state index is 12.7. The Bertz CT molecular complexity index is 1390. The zero-order valence-electron chi connectivity index (χ0n) is 15.6. The van der Waals surface area contributed by atoms with E-state index in [1.54, 1.807) is 20.0 Å². The molecule has 13 heteroatoms. The average molecular weight is 429 g/mol. The number of carbonyl (C=O) groups is 1. The molecule has 4 aromatic rings. The molecule has 0 spiro atoms. The number of nitro benzene ring substituents is 1. The van der Waals surface area contributed by atoms with Crippen molar-refractivity contribution in [2.45, 2.75) is 6.92 Å². The number of aromatic amines is 1. The van der Waals surface area contributed by atoms with E-state index in [0.717, 1.165) is 6.07 Å². The first kappa shape index (κ1) is 19.3. The fraction of sp³-hybridized carbons (Fsp3) is 0.118. The van der Waals surface area contributed by atoms with Crippen molar-refractivity contribution in [2.75, 3.05) is 5.32 Å². The lowest BCUT2D eigenvalue weighted by molar-refractivity contribution is -0.384. The lowest BCUT2D eigenvalue weighted by Crippen LogP contribution is -2.19. The monoisotopic (exact) mass is 428 g/mol. The van der Waals surface area contributed by atoms with Gasteiger partial charge in [0.1, 0.15) is 11.2 Å². The van der Waals surface area contributed by atoms with Crippen LogP contribution < -0.4 is 10.9 Å². The second kappa shape index (κ2) is 7.08. The van der Waals surface area contributed by atoms with Crippen LogP contribution in [0.1, 0.15) is 16.1 Å². The number of halogens is 1. The standard InChI is InChI=1S/C17H13ClN8O4/c1-8-5-13(20-15(27)10-6-9(26(29)30)3-4-12(10)18)25(23-8)17-21-14-11(16(28)22-17)7-19-24(14)2/h3-7H,1-2H3,(H,20,27)(H,21,22,28). The molecule has 0 aliphatic carbocycles. The van der Waals surface area contributed by atoms with Crippen molar-refractivity contribution in [3.63, 3.8) is 0 Å². The molecular formula is C17H13ClN8O4. The number of benzene rings is 1. The number of nitro groups is 1. The van der Waals surface area contributed by atoms with E-state index >= 15 is 0 Å². The van der Waals surface area contributed by atoms with Gasteiger partial charge in [0.15, 0.2) is 5.65 Å². The number of amides is 1. The number of rotatable bonds is 4. The Labute approximate surface area is 172 Å². The van der Waals surface area contributed by atoms with Crippen LogP contribution in [0.4, 0.5) is 11.5 Å². The lowest BCUT2D eigenvalue weighted by Gasteiger charge is -2.09. The molecule has 0 fully saturated rings. The van der Waals surface area contributed by atoms with Crippen molar-refractivity contribution in [1.82, 2.24) is 29.5 Å². The summed E-state index contributed by atoms with van der Waals surface area (Å²) in [4.78, 5) is 42.4. The second-order valence-corrected chi connectivity index (χ2v) is 6.76. The Kier molecular flexibility index (Phi) is 4.54. The van der Waals surface area contributed by atoms with E-state index in [-0.39, 0.29) is 28.0 Å². The van der Waals surface area contributed by atoms with Gasteiger partial charge >= 0.3 is 0 Å². The van der Waals surface area contributed by atoms with Gasteiger partial charge in [-0.15, -0.1) is 0 Å². The predicted octanol–water partition coefficient (Wildman–Crippen LogP) is 1.96. The van der Waals surface area contributed by atoms with E-state index in [1.807, 2.05) is 0 Å². The highest BCUT2D eigenvalue weighted by Gasteiger charge is 2.19. The van der Waals surface area contributed by atoms with Gasteiger partial charge in [-0.25, -0.2) is 0 Å². The van der Waals surface area contributed by atoms with Crippen LogP contribution in [0.5, 0.6) is 0 Å². The largest absolute Gasteiger partial charge is 0.306 e. The van der Waals surface area contributed by atoms with Gasteiger partial charge in [-0.1, -0.05) is 11.6 Å². The third-order valence-electron chi connectivity index (χ3n) is 4.27. The normalized spacial score (nSPS) is 11.0. The number of H-pyrrole nitrogens is 1. The van der Waals surface area contributed by atoms with Gasteiger partial charge in [0, 0.05) is 25.2 Å². The van der Waals surface area contributed by atoms with Crippen LogP contribution in [-0.4, -0.2) is 40.4 Å². The van der Waals surface area contributed by atoms with Crippen molar-refractivity contribution in [3.05, 3.63) is 67.2 Å². The Balaban J connectivity index is 1.76.